The van der Waals surface area contributed by atoms with Gasteiger partial charge in [-0.25, -0.2) is 0 Å². The minimum absolute atomic E-state index is 0. The highest BCUT2D eigenvalue weighted by Crippen LogP contribution is 2.32. The molecule has 3 heterocycles. The van der Waals surface area contributed by atoms with Gasteiger partial charge in [-0.3, -0.25) is 4.79 Å². The first-order chi connectivity index (χ1) is 10.8. The Labute approximate surface area is 149 Å². The summed E-state index contributed by atoms with van der Waals surface area (Å²) in [5, 5.41) is 10.6. The molecule has 1 amide bonds. The van der Waals surface area contributed by atoms with Gasteiger partial charge < -0.3 is 15.2 Å². The number of fused-ring (bicyclic) bond motifs is 2. The molecule has 0 aliphatic carbocycles. The van der Waals surface area contributed by atoms with Crippen LogP contribution in [0.1, 0.15) is 77.6 Å². The molecule has 136 valence electrons. The van der Waals surface area contributed by atoms with E-state index in [9.17, 15) is 4.79 Å². The van der Waals surface area contributed by atoms with Gasteiger partial charge in [0.15, 0.2) is 5.82 Å². The summed E-state index contributed by atoms with van der Waals surface area (Å²) in [5.74, 6) is 1.73. The van der Waals surface area contributed by atoms with E-state index in [0.717, 1.165) is 12.8 Å². The summed E-state index contributed by atoms with van der Waals surface area (Å²) in [6.07, 6.45) is 5.35. The fourth-order valence-corrected chi connectivity index (χ4v) is 3.68. The molecule has 3 atom stereocenters. The van der Waals surface area contributed by atoms with Gasteiger partial charge in [0.05, 0.1) is 0 Å². The molecule has 24 heavy (non-hydrogen) atoms. The van der Waals surface area contributed by atoms with Crippen LogP contribution in [-0.4, -0.2) is 28.1 Å². The lowest BCUT2D eigenvalue weighted by Gasteiger charge is -2.28. The first-order valence-electron chi connectivity index (χ1n) is 8.70. The first-order valence-corrected chi connectivity index (χ1v) is 8.70. The molecule has 2 N–H and O–H groups in total. The van der Waals surface area contributed by atoms with Crippen LogP contribution in [0.4, 0.5) is 0 Å². The number of nitrogens with zero attached hydrogens (tertiary/aromatic N) is 2. The Morgan fingerprint density at radius 2 is 1.96 bits per heavy atom. The molecular weight excluding hydrogens is 328 g/mol. The van der Waals surface area contributed by atoms with E-state index in [-0.39, 0.29) is 29.8 Å². The van der Waals surface area contributed by atoms with Gasteiger partial charge >= 0.3 is 0 Å². The van der Waals surface area contributed by atoms with Crippen molar-refractivity contribution in [3.05, 3.63) is 11.7 Å². The highest BCUT2D eigenvalue weighted by Gasteiger charge is 2.34. The number of hydrogen-bond acceptors (Lipinski definition) is 5. The summed E-state index contributed by atoms with van der Waals surface area (Å²) in [6, 6.07) is 0.994. The summed E-state index contributed by atoms with van der Waals surface area (Å²) in [5.41, 5.74) is -0.153. The van der Waals surface area contributed by atoms with Crippen molar-refractivity contribution >= 4 is 18.3 Å². The number of hydrogen-bond donors (Lipinski definition) is 2. The van der Waals surface area contributed by atoms with Gasteiger partial charge in [-0.2, -0.15) is 4.98 Å². The standard InChI is InChI=1S/C17H28N4O2.ClH/c1-10(15-20-16(21-23-15)17(2,3)4)18-14(22)9-11-7-12-5-6-13(8-11)19-12;/h10-13,19H,5-9H2,1-4H3,(H,18,22);1H. The van der Waals surface area contributed by atoms with Crippen LogP contribution < -0.4 is 10.6 Å². The number of piperidine rings is 1. The zero-order valence-corrected chi connectivity index (χ0v) is 15.8. The van der Waals surface area contributed by atoms with Crippen molar-refractivity contribution in [2.24, 2.45) is 5.92 Å². The van der Waals surface area contributed by atoms with Crippen molar-refractivity contribution in [3.8, 4) is 0 Å². The highest BCUT2D eigenvalue weighted by atomic mass is 35.5. The minimum atomic E-state index is -0.246. The lowest BCUT2D eigenvalue weighted by molar-refractivity contribution is -0.123. The van der Waals surface area contributed by atoms with Crippen molar-refractivity contribution in [1.82, 2.24) is 20.8 Å². The predicted octanol–water partition coefficient (Wildman–Crippen LogP) is 2.89. The number of halogens is 1. The van der Waals surface area contributed by atoms with Crippen molar-refractivity contribution in [2.45, 2.75) is 83.3 Å². The average Bonchev–Trinajstić information content (AvgIpc) is 3.05. The van der Waals surface area contributed by atoms with E-state index in [4.69, 9.17) is 4.52 Å². The quantitative estimate of drug-likeness (QED) is 0.867. The van der Waals surface area contributed by atoms with Crippen molar-refractivity contribution in [3.63, 3.8) is 0 Å². The summed E-state index contributed by atoms with van der Waals surface area (Å²) >= 11 is 0. The summed E-state index contributed by atoms with van der Waals surface area (Å²) in [4.78, 5) is 16.7. The Hall–Kier alpha value is -1.14. The van der Waals surface area contributed by atoms with Crippen LogP contribution in [-0.2, 0) is 10.2 Å². The topological polar surface area (TPSA) is 80.0 Å². The normalized spacial score (nSPS) is 27.4. The average molecular weight is 357 g/mol. The monoisotopic (exact) mass is 356 g/mol. The molecule has 0 saturated carbocycles. The predicted molar refractivity (Wildman–Crippen MR) is 94.1 cm³/mol. The van der Waals surface area contributed by atoms with Gasteiger partial charge in [-0.05, 0) is 38.5 Å². The van der Waals surface area contributed by atoms with Crippen LogP contribution in [0, 0.1) is 5.92 Å². The van der Waals surface area contributed by atoms with Crippen LogP contribution in [0.2, 0.25) is 0 Å². The Morgan fingerprint density at radius 1 is 1.33 bits per heavy atom. The van der Waals surface area contributed by atoms with Gasteiger partial charge in [-0.15, -0.1) is 12.4 Å². The van der Waals surface area contributed by atoms with Gasteiger partial charge in [0, 0.05) is 23.9 Å². The molecule has 7 heteroatoms. The number of aromatic nitrogens is 2. The number of nitrogens with one attached hydrogen (secondary N) is 2. The van der Waals surface area contributed by atoms with Gasteiger partial charge in [0.25, 0.3) is 0 Å². The maximum Gasteiger partial charge on any atom is 0.248 e. The van der Waals surface area contributed by atoms with Crippen molar-refractivity contribution < 1.29 is 9.32 Å². The molecule has 0 spiro atoms. The Kier molecular flexibility index (Phi) is 5.91. The Morgan fingerprint density at radius 3 is 2.50 bits per heavy atom. The summed E-state index contributed by atoms with van der Waals surface area (Å²) in [6.45, 7) is 8.01. The van der Waals surface area contributed by atoms with E-state index in [1.807, 2.05) is 27.7 Å². The molecule has 0 radical (unpaired) electrons. The molecule has 1 aromatic heterocycles. The van der Waals surface area contributed by atoms with E-state index in [1.165, 1.54) is 12.8 Å². The SMILES string of the molecule is CC(NC(=O)CC1CC2CCC(C1)N2)c1nc(C(C)(C)C)no1.Cl. The van der Waals surface area contributed by atoms with Crippen molar-refractivity contribution in [2.75, 3.05) is 0 Å². The lowest BCUT2D eigenvalue weighted by Crippen LogP contribution is -2.40. The third kappa shape index (κ3) is 4.48. The van der Waals surface area contributed by atoms with Gasteiger partial charge in [0.2, 0.25) is 11.8 Å². The molecule has 3 unspecified atom stereocenters. The van der Waals surface area contributed by atoms with E-state index < -0.39 is 0 Å². The van der Waals surface area contributed by atoms with Crippen LogP contribution in [0.3, 0.4) is 0 Å². The third-order valence-corrected chi connectivity index (χ3v) is 4.91. The van der Waals surface area contributed by atoms with E-state index in [1.54, 1.807) is 0 Å². The molecule has 3 rings (SSSR count). The second-order valence-electron chi connectivity index (χ2n) is 8.17. The molecule has 0 aromatic carbocycles. The fraction of sp³-hybridized carbons (Fsp3) is 0.824. The number of rotatable bonds is 4. The number of amides is 1. The van der Waals surface area contributed by atoms with Gasteiger partial charge in [-0.1, -0.05) is 25.9 Å². The maximum atomic E-state index is 12.3. The van der Waals surface area contributed by atoms with Crippen LogP contribution >= 0.6 is 12.4 Å². The first kappa shape index (κ1) is 19.2. The zero-order chi connectivity index (χ0) is 16.6. The fourth-order valence-electron chi connectivity index (χ4n) is 3.68. The molecule has 6 nitrogen and oxygen atoms in total. The second-order valence-corrected chi connectivity index (χ2v) is 8.17. The number of carbonyl (C=O) groups excluding carboxylic acids is 1. The van der Waals surface area contributed by atoms with Gasteiger partial charge in [0.1, 0.15) is 6.04 Å². The molecule has 2 aliphatic rings. The van der Waals surface area contributed by atoms with Crippen molar-refractivity contribution in [1.29, 1.82) is 0 Å². The molecule has 2 bridgehead atoms. The largest absolute Gasteiger partial charge is 0.345 e. The van der Waals surface area contributed by atoms with Crippen LogP contribution in [0.15, 0.2) is 4.52 Å². The molecule has 1 aromatic rings. The maximum absolute atomic E-state index is 12.3. The second kappa shape index (κ2) is 7.40. The molecule has 2 saturated heterocycles. The highest BCUT2D eigenvalue weighted by molar-refractivity contribution is 5.85. The van der Waals surface area contributed by atoms with Crippen LogP contribution in [0.5, 0.6) is 0 Å². The molecule has 2 aliphatic heterocycles. The third-order valence-electron chi connectivity index (χ3n) is 4.91. The Bertz CT molecular complexity index is 557. The summed E-state index contributed by atoms with van der Waals surface area (Å²) in [7, 11) is 0. The number of carbonyl (C=O) groups is 1. The van der Waals surface area contributed by atoms with E-state index in [2.05, 4.69) is 20.8 Å². The minimum Gasteiger partial charge on any atom is -0.345 e. The smallest absolute Gasteiger partial charge is 0.248 e. The Balaban J connectivity index is 0.00000208. The van der Waals surface area contributed by atoms with Crippen LogP contribution in [0.25, 0.3) is 0 Å². The summed E-state index contributed by atoms with van der Waals surface area (Å²) < 4.78 is 5.30. The molecular formula is C17H29ClN4O2. The zero-order valence-electron chi connectivity index (χ0n) is 15.0. The van der Waals surface area contributed by atoms with E-state index >= 15 is 0 Å². The van der Waals surface area contributed by atoms with E-state index in [0.29, 0.717) is 36.1 Å². The molecule has 2 fully saturated rings. The lowest BCUT2D eigenvalue weighted by atomic mass is 9.89.